The lowest BCUT2D eigenvalue weighted by Crippen LogP contribution is -2.22. The van der Waals surface area contributed by atoms with E-state index in [1.165, 1.54) is 16.7 Å². The van der Waals surface area contributed by atoms with Crippen LogP contribution in [0.25, 0.3) is 5.57 Å². The third-order valence-electron chi connectivity index (χ3n) is 4.14. The molecule has 2 aromatic rings. The Morgan fingerprint density at radius 3 is 2.24 bits per heavy atom. The fraction of sp³-hybridized carbons (Fsp3) is 0.150. The van der Waals surface area contributed by atoms with Crippen molar-refractivity contribution in [1.82, 2.24) is 0 Å². The first-order valence-corrected chi connectivity index (χ1v) is 7.17. The van der Waals surface area contributed by atoms with Crippen LogP contribution in [0.5, 0.6) is 0 Å². The topological polar surface area (TPSA) is 23.8 Å². The summed E-state index contributed by atoms with van der Waals surface area (Å²) in [6.45, 7) is 3.85. The molecule has 0 saturated heterocycles. The summed E-state index contributed by atoms with van der Waals surface area (Å²) >= 11 is 0. The molecule has 0 aromatic heterocycles. The molecule has 0 heterocycles. The van der Waals surface area contributed by atoms with Crippen LogP contribution in [0, 0.1) is 11.3 Å². The van der Waals surface area contributed by atoms with Gasteiger partial charge in [-0.05, 0) is 35.1 Å². The lowest BCUT2D eigenvalue weighted by Gasteiger charge is -2.23. The molecule has 1 unspecified atom stereocenters. The van der Waals surface area contributed by atoms with E-state index in [1.807, 2.05) is 54.6 Å². The Hall–Kier alpha value is -2.59. The molecule has 0 fully saturated rings. The maximum Gasteiger partial charge on any atom is 0.107 e. The molecule has 0 spiro atoms. The Morgan fingerprint density at radius 2 is 1.67 bits per heavy atom. The molecular weight excluding hydrogens is 254 g/mol. The fourth-order valence-electron chi connectivity index (χ4n) is 2.99. The lowest BCUT2D eigenvalue weighted by molar-refractivity contribution is 0.671. The van der Waals surface area contributed by atoms with E-state index in [9.17, 15) is 5.26 Å². The first kappa shape index (κ1) is 13.4. The number of rotatable bonds is 5. The zero-order valence-electron chi connectivity index (χ0n) is 11.9. The van der Waals surface area contributed by atoms with Gasteiger partial charge in [0.1, 0.15) is 5.41 Å². The Kier molecular flexibility index (Phi) is 3.46. The minimum Gasteiger partial charge on any atom is -0.197 e. The molecule has 0 bridgehead atoms. The van der Waals surface area contributed by atoms with Crippen LogP contribution in [0.1, 0.15) is 24.0 Å². The van der Waals surface area contributed by atoms with Crippen molar-refractivity contribution in [2.75, 3.05) is 0 Å². The summed E-state index contributed by atoms with van der Waals surface area (Å²) in [5, 5.41) is 9.90. The molecule has 0 amide bonds. The summed E-state index contributed by atoms with van der Waals surface area (Å²) in [7, 11) is 0. The maximum atomic E-state index is 9.90. The van der Waals surface area contributed by atoms with Crippen molar-refractivity contribution >= 4 is 5.57 Å². The lowest BCUT2D eigenvalue weighted by atomic mass is 9.76. The van der Waals surface area contributed by atoms with Crippen LogP contribution in [0.4, 0.5) is 0 Å². The van der Waals surface area contributed by atoms with E-state index in [4.69, 9.17) is 0 Å². The van der Waals surface area contributed by atoms with Crippen molar-refractivity contribution in [2.24, 2.45) is 0 Å². The van der Waals surface area contributed by atoms with Crippen molar-refractivity contribution in [1.29, 1.82) is 5.26 Å². The Balaban J connectivity index is 2.09. The van der Waals surface area contributed by atoms with Crippen LogP contribution in [0.2, 0.25) is 0 Å². The molecule has 0 saturated carbocycles. The van der Waals surface area contributed by atoms with Gasteiger partial charge in [-0.15, -0.1) is 6.58 Å². The van der Waals surface area contributed by atoms with E-state index >= 15 is 0 Å². The van der Waals surface area contributed by atoms with Gasteiger partial charge in [0, 0.05) is 0 Å². The van der Waals surface area contributed by atoms with Gasteiger partial charge in [0.15, 0.2) is 0 Å². The quantitative estimate of drug-likeness (QED) is 0.711. The monoisotopic (exact) mass is 271 g/mol. The minimum atomic E-state index is -0.561. The third-order valence-corrected chi connectivity index (χ3v) is 4.14. The molecular formula is C20H17N. The van der Waals surface area contributed by atoms with E-state index in [0.29, 0.717) is 6.42 Å². The highest BCUT2D eigenvalue weighted by atomic mass is 14.5. The molecule has 1 heteroatoms. The van der Waals surface area contributed by atoms with Crippen molar-refractivity contribution in [3.63, 3.8) is 0 Å². The van der Waals surface area contributed by atoms with Crippen LogP contribution in [0.3, 0.4) is 0 Å². The van der Waals surface area contributed by atoms with Crippen LogP contribution in [-0.4, -0.2) is 0 Å². The SMILES string of the molecule is C=CCC(C#N)(C1=C(c2ccccc2)C1)c1ccccc1. The molecule has 2 aromatic carbocycles. The van der Waals surface area contributed by atoms with E-state index in [2.05, 4.69) is 24.8 Å². The molecule has 3 rings (SSSR count). The molecule has 21 heavy (non-hydrogen) atoms. The highest BCUT2D eigenvalue weighted by molar-refractivity contribution is 5.86. The Bertz CT molecular complexity index is 719. The van der Waals surface area contributed by atoms with Gasteiger partial charge in [-0.3, -0.25) is 0 Å². The number of nitrogens with zero attached hydrogens (tertiary/aromatic N) is 1. The number of hydrogen-bond donors (Lipinski definition) is 0. The second-order valence-electron chi connectivity index (χ2n) is 5.38. The van der Waals surface area contributed by atoms with Crippen LogP contribution in [-0.2, 0) is 5.41 Å². The second kappa shape index (κ2) is 5.42. The van der Waals surface area contributed by atoms with Gasteiger partial charge in [0.05, 0.1) is 6.07 Å². The van der Waals surface area contributed by atoms with Gasteiger partial charge < -0.3 is 0 Å². The van der Waals surface area contributed by atoms with Crippen molar-refractivity contribution < 1.29 is 0 Å². The molecule has 102 valence electrons. The summed E-state index contributed by atoms with van der Waals surface area (Å²) in [4.78, 5) is 0. The minimum absolute atomic E-state index is 0.561. The third kappa shape index (κ3) is 2.30. The van der Waals surface area contributed by atoms with Crippen LogP contribution in [0.15, 0.2) is 78.9 Å². The highest BCUT2D eigenvalue weighted by Crippen LogP contribution is 2.53. The first-order valence-electron chi connectivity index (χ1n) is 7.17. The molecule has 1 atom stereocenters. The van der Waals surface area contributed by atoms with Crippen molar-refractivity contribution in [3.05, 3.63) is 90.0 Å². The first-order chi connectivity index (χ1) is 10.3. The van der Waals surface area contributed by atoms with Gasteiger partial charge in [-0.25, -0.2) is 0 Å². The zero-order chi connectivity index (χ0) is 14.7. The Morgan fingerprint density at radius 1 is 1.05 bits per heavy atom. The molecule has 0 aliphatic heterocycles. The standard InChI is InChI=1S/C20H17N/c1-2-13-20(15-21,17-11-7-4-8-12-17)19-14-18(19)16-9-5-3-6-10-16/h2-12H,1,13-14H2. The fourth-order valence-corrected chi connectivity index (χ4v) is 2.99. The molecule has 1 nitrogen and oxygen atoms in total. The van der Waals surface area contributed by atoms with Gasteiger partial charge in [0.2, 0.25) is 0 Å². The largest absolute Gasteiger partial charge is 0.197 e. The summed E-state index contributed by atoms with van der Waals surface area (Å²) in [6, 6.07) is 23.0. The van der Waals surface area contributed by atoms with Crippen molar-refractivity contribution in [2.45, 2.75) is 18.3 Å². The highest BCUT2D eigenvalue weighted by Gasteiger charge is 2.43. The zero-order valence-corrected chi connectivity index (χ0v) is 11.9. The Labute approximate surface area is 125 Å². The number of nitriles is 1. The van der Waals surface area contributed by atoms with E-state index in [0.717, 1.165) is 12.0 Å². The number of benzene rings is 2. The van der Waals surface area contributed by atoms with Gasteiger partial charge >= 0.3 is 0 Å². The van der Waals surface area contributed by atoms with E-state index in [1.54, 1.807) is 0 Å². The summed E-state index contributed by atoms with van der Waals surface area (Å²) in [5.41, 5.74) is 4.28. The number of allylic oxidation sites excluding steroid dienone is 3. The molecule has 1 aliphatic rings. The molecule has 1 aliphatic carbocycles. The van der Waals surface area contributed by atoms with Crippen LogP contribution < -0.4 is 0 Å². The maximum absolute atomic E-state index is 9.90. The van der Waals surface area contributed by atoms with Gasteiger partial charge in [-0.1, -0.05) is 66.7 Å². The summed E-state index contributed by atoms with van der Waals surface area (Å²) in [6.07, 6.45) is 3.42. The predicted octanol–water partition coefficient (Wildman–Crippen LogP) is 4.88. The average molecular weight is 271 g/mol. The predicted molar refractivity (Wildman–Crippen MR) is 86.5 cm³/mol. The normalized spacial score (nSPS) is 16.0. The average Bonchev–Trinajstić information content (AvgIpc) is 3.35. The molecule has 0 N–H and O–H groups in total. The van der Waals surface area contributed by atoms with Gasteiger partial charge in [0.25, 0.3) is 0 Å². The summed E-state index contributed by atoms with van der Waals surface area (Å²) in [5.74, 6) is 0. The van der Waals surface area contributed by atoms with E-state index in [-0.39, 0.29) is 0 Å². The van der Waals surface area contributed by atoms with Crippen molar-refractivity contribution in [3.8, 4) is 6.07 Å². The number of hydrogen-bond acceptors (Lipinski definition) is 1. The smallest absolute Gasteiger partial charge is 0.107 e. The van der Waals surface area contributed by atoms with Crippen LogP contribution >= 0.6 is 0 Å². The van der Waals surface area contributed by atoms with E-state index < -0.39 is 5.41 Å². The van der Waals surface area contributed by atoms with Gasteiger partial charge in [-0.2, -0.15) is 5.26 Å². The second-order valence-corrected chi connectivity index (χ2v) is 5.38. The summed E-state index contributed by atoms with van der Waals surface area (Å²) < 4.78 is 0. The molecule has 0 radical (unpaired) electrons.